The van der Waals surface area contributed by atoms with Crippen molar-refractivity contribution in [1.82, 2.24) is 9.55 Å². The van der Waals surface area contributed by atoms with Crippen LogP contribution < -0.4 is 4.74 Å². The third kappa shape index (κ3) is 3.68. The molecule has 0 unspecified atom stereocenters. The number of thioether (sulfide) groups is 1. The first-order chi connectivity index (χ1) is 8.25. The molecule has 5 heteroatoms. The highest BCUT2D eigenvalue weighted by molar-refractivity contribution is 7.99. The summed E-state index contributed by atoms with van der Waals surface area (Å²) >= 11 is 7.53. The number of rotatable bonds is 5. The number of nitrogens with zero attached hydrogens (tertiary/aromatic N) is 2. The summed E-state index contributed by atoms with van der Waals surface area (Å²) in [5.74, 6) is 1.66. The van der Waals surface area contributed by atoms with E-state index in [1.807, 2.05) is 42.1 Å². The quantitative estimate of drug-likeness (QED) is 0.615. The molecule has 0 fully saturated rings. The summed E-state index contributed by atoms with van der Waals surface area (Å²) in [5.41, 5.74) is 0. The minimum atomic E-state index is 0.637. The Morgan fingerprint density at radius 3 is 3.06 bits per heavy atom. The predicted octanol–water partition coefficient (Wildman–Crippen LogP) is 3.24. The number of hydrogen-bond acceptors (Lipinski definition) is 3. The molecule has 0 N–H and O–H groups in total. The van der Waals surface area contributed by atoms with Gasteiger partial charge in [0.15, 0.2) is 5.16 Å². The van der Waals surface area contributed by atoms with Gasteiger partial charge in [-0.1, -0.05) is 29.4 Å². The monoisotopic (exact) mass is 268 g/mol. The highest BCUT2D eigenvalue weighted by Gasteiger charge is 2.00. The molecule has 1 aromatic heterocycles. The maximum atomic E-state index is 5.86. The molecule has 3 nitrogen and oxygen atoms in total. The Hall–Kier alpha value is -1.13. The summed E-state index contributed by atoms with van der Waals surface area (Å²) in [4.78, 5) is 4.22. The lowest BCUT2D eigenvalue weighted by atomic mass is 10.3. The highest BCUT2D eigenvalue weighted by Crippen LogP contribution is 2.18. The van der Waals surface area contributed by atoms with Crippen LogP contribution in [0.4, 0.5) is 0 Å². The first-order valence-corrected chi connectivity index (χ1v) is 6.60. The van der Waals surface area contributed by atoms with Crippen LogP contribution in [-0.4, -0.2) is 21.9 Å². The summed E-state index contributed by atoms with van der Waals surface area (Å²) in [6.07, 6.45) is 3.72. The van der Waals surface area contributed by atoms with Crippen molar-refractivity contribution in [3.05, 3.63) is 41.7 Å². The molecule has 0 saturated heterocycles. The minimum Gasteiger partial charge on any atom is -0.493 e. The van der Waals surface area contributed by atoms with Gasteiger partial charge in [-0.2, -0.15) is 0 Å². The van der Waals surface area contributed by atoms with Crippen LogP contribution in [0.1, 0.15) is 0 Å². The van der Waals surface area contributed by atoms with Gasteiger partial charge in [-0.25, -0.2) is 4.98 Å². The fourth-order valence-corrected chi connectivity index (χ4v) is 2.27. The molecule has 0 aliphatic heterocycles. The van der Waals surface area contributed by atoms with Crippen molar-refractivity contribution < 1.29 is 4.74 Å². The second kappa shape index (κ2) is 5.98. The van der Waals surface area contributed by atoms with Gasteiger partial charge in [-0.3, -0.25) is 0 Å². The maximum Gasteiger partial charge on any atom is 0.167 e. The third-order valence-corrected chi connectivity index (χ3v) is 3.41. The molecule has 0 atom stereocenters. The zero-order valence-corrected chi connectivity index (χ0v) is 11.0. The molecule has 0 spiro atoms. The van der Waals surface area contributed by atoms with Crippen molar-refractivity contribution in [2.75, 3.05) is 12.4 Å². The third-order valence-electron chi connectivity index (χ3n) is 2.16. The largest absolute Gasteiger partial charge is 0.493 e. The molecule has 0 aliphatic carbocycles. The van der Waals surface area contributed by atoms with Crippen molar-refractivity contribution in [3.63, 3.8) is 0 Å². The first-order valence-electron chi connectivity index (χ1n) is 5.24. The molecule has 0 bridgehead atoms. The summed E-state index contributed by atoms with van der Waals surface area (Å²) in [7, 11) is 1.98. The fraction of sp³-hybridized carbons (Fsp3) is 0.250. The molecule has 1 aromatic carbocycles. The van der Waals surface area contributed by atoms with Gasteiger partial charge in [-0.15, -0.1) is 0 Å². The Morgan fingerprint density at radius 1 is 1.47 bits per heavy atom. The molecular weight excluding hydrogens is 256 g/mol. The zero-order chi connectivity index (χ0) is 12.1. The lowest BCUT2D eigenvalue weighted by Gasteiger charge is -2.06. The van der Waals surface area contributed by atoms with Crippen LogP contribution in [0.25, 0.3) is 0 Å². The molecule has 0 amide bonds. The lowest BCUT2D eigenvalue weighted by molar-refractivity contribution is 0.344. The van der Waals surface area contributed by atoms with E-state index in [0.717, 1.165) is 16.7 Å². The number of halogens is 1. The summed E-state index contributed by atoms with van der Waals surface area (Å²) in [5, 5.41) is 1.69. The summed E-state index contributed by atoms with van der Waals surface area (Å²) in [6.45, 7) is 0.637. The van der Waals surface area contributed by atoms with Crippen molar-refractivity contribution in [1.29, 1.82) is 0 Å². The Kier molecular flexibility index (Phi) is 4.34. The van der Waals surface area contributed by atoms with E-state index < -0.39 is 0 Å². The fourth-order valence-electron chi connectivity index (χ4n) is 1.34. The molecule has 0 saturated carbocycles. The van der Waals surface area contributed by atoms with Gasteiger partial charge in [0.25, 0.3) is 0 Å². The number of aryl methyl sites for hydroxylation is 1. The van der Waals surface area contributed by atoms with Crippen LogP contribution in [0, 0.1) is 0 Å². The topological polar surface area (TPSA) is 27.1 Å². The molecule has 0 aliphatic rings. The Labute approximate surface area is 110 Å². The number of aromatic nitrogens is 2. The number of benzene rings is 1. The average molecular weight is 269 g/mol. The Bertz CT molecular complexity index is 487. The molecule has 2 aromatic rings. The first kappa shape index (κ1) is 12.3. The van der Waals surface area contributed by atoms with E-state index in [2.05, 4.69) is 4.98 Å². The van der Waals surface area contributed by atoms with E-state index in [1.54, 1.807) is 18.0 Å². The lowest BCUT2D eigenvalue weighted by Crippen LogP contribution is -2.01. The van der Waals surface area contributed by atoms with Crippen LogP contribution in [0.2, 0.25) is 5.02 Å². The second-order valence-electron chi connectivity index (χ2n) is 3.48. The molecule has 1 heterocycles. The van der Waals surface area contributed by atoms with E-state index in [0.29, 0.717) is 11.6 Å². The standard InChI is InChI=1S/C12H13ClN2OS/c1-15-6-5-14-12(15)17-8-7-16-11-4-2-3-10(13)9-11/h2-6,9H,7-8H2,1H3. The summed E-state index contributed by atoms with van der Waals surface area (Å²) in [6, 6.07) is 7.42. The van der Waals surface area contributed by atoms with E-state index in [9.17, 15) is 0 Å². The van der Waals surface area contributed by atoms with Crippen molar-refractivity contribution in [2.45, 2.75) is 5.16 Å². The van der Waals surface area contributed by atoms with Gasteiger partial charge >= 0.3 is 0 Å². The van der Waals surface area contributed by atoms with E-state index in [4.69, 9.17) is 16.3 Å². The van der Waals surface area contributed by atoms with Gasteiger partial charge in [0.05, 0.1) is 6.61 Å². The van der Waals surface area contributed by atoms with Crippen LogP contribution in [0.15, 0.2) is 41.8 Å². The second-order valence-corrected chi connectivity index (χ2v) is 4.97. The van der Waals surface area contributed by atoms with E-state index in [-0.39, 0.29) is 0 Å². The van der Waals surface area contributed by atoms with Crippen LogP contribution >= 0.6 is 23.4 Å². The molecule has 90 valence electrons. The zero-order valence-electron chi connectivity index (χ0n) is 9.47. The van der Waals surface area contributed by atoms with Gasteiger partial charge in [0.2, 0.25) is 0 Å². The van der Waals surface area contributed by atoms with Crippen LogP contribution in [0.3, 0.4) is 0 Å². The van der Waals surface area contributed by atoms with Gasteiger partial charge < -0.3 is 9.30 Å². The Balaban J connectivity index is 1.75. The summed E-state index contributed by atoms with van der Waals surface area (Å²) < 4.78 is 7.57. The SMILES string of the molecule is Cn1ccnc1SCCOc1cccc(Cl)c1. The molecular formula is C12H13ClN2OS. The minimum absolute atomic E-state index is 0.637. The van der Waals surface area contributed by atoms with E-state index >= 15 is 0 Å². The molecule has 2 rings (SSSR count). The van der Waals surface area contributed by atoms with Gasteiger partial charge in [0, 0.05) is 30.2 Å². The van der Waals surface area contributed by atoms with E-state index in [1.165, 1.54) is 0 Å². The Morgan fingerprint density at radius 2 is 2.35 bits per heavy atom. The number of imidazole rings is 1. The average Bonchev–Trinajstić information content (AvgIpc) is 2.71. The number of ether oxygens (including phenoxy) is 1. The predicted molar refractivity (Wildman–Crippen MR) is 70.9 cm³/mol. The smallest absolute Gasteiger partial charge is 0.167 e. The molecule has 17 heavy (non-hydrogen) atoms. The highest BCUT2D eigenvalue weighted by atomic mass is 35.5. The molecule has 0 radical (unpaired) electrons. The van der Waals surface area contributed by atoms with Crippen molar-refractivity contribution in [3.8, 4) is 5.75 Å². The van der Waals surface area contributed by atoms with Crippen LogP contribution in [0.5, 0.6) is 5.75 Å². The maximum absolute atomic E-state index is 5.86. The van der Waals surface area contributed by atoms with Crippen molar-refractivity contribution in [2.24, 2.45) is 7.05 Å². The number of hydrogen-bond donors (Lipinski definition) is 0. The van der Waals surface area contributed by atoms with Crippen LogP contribution in [-0.2, 0) is 7.05 Å². The van der Waals surface area contributed by atoms with Crippen molar-refractivity contribution >= 4 is 23.4 Å². The van der Waals surface area contributed by atoms with Gasteiger partial charge in [-0.05, 0) is 18.2 Å². The normalized spacial score (nSPS) is 10.5. The van der Waals surface area contributed by atoms with Gasteiger partial charge in [0.1, 0.15) is 5.75 Å².